The summed E-state index contributed by atoms with van der Waals surface area (Å²) >= 11 is 4.79. The van der Waals surface area contributed by atoms with E-state index in [4.69, 9.17) is 23.1 Å². The number of carboxylic acid groups (broad SMARTS) is 1. The third-order valence-corrected chi connectivity index (χ3v) is 2.59. The van der Waals surface area contributed by atoms with Crippen LogP contribution in [-0.4, -0.2) is 41.0 Å². The Bertz CT molecular complexity index is 557. The third-order valence-electron chi connectivity index (χ3n) is 2.44. The average molecular weight is 309 g/mol. The Kier molecular flexibility index (Phi) is 6.28. The lowest BCUT2D eigenvalue weighted by Crippen LogP contribution is -2.39. The van der Waals surface area contributed by atoms with E-state index in [9.17, 15) is 14.4 Å². The van der Waals surface area contributed by atoms with Crippen LogP contribution in [0.1, 0.15) is 15.9 Å². The van der Waals surface area contributed by atoms with Crippen LogP contribution in [0.3, 0.4) is 0 Å². The monoisotopic (exact) mass is 309 g/mol. The van der Waals surface area contributed by atoms with Gasteiger partial charge in [-0.25, -0.2) is 0 Å². The van der Waals surface area contributed by atoms with E-state index in [1.54, 1.807) is 24.3 Å². The Labute approximate surface area is 126 Å². The van der Waals surface area contributed by atoms with Gasteiger partial charge in [-0.3, -0.25) is 14.4 Å². The molecule has 1 rings (SSSR count). The second kappa shape index (κ2) is 7.95. The minimum absolute atomic E-state index is 0.291. The molecule has 1 aromatic carbocycles. The van der Waals surface area contributed by atoms with Gasteiger partial charge in [-0.1, -0.05) is 24.4 Å². The number of thiocarbonyl (C=S) groups is 1. The highest BCUT2D eigenvalue weighted by molar-refractivity contribution is 7.80. The molecule has 8 heteroatoms. The highest BCUT2D eigenvalue weighted by Crippen LogP contribution is 2.05. The van der Waals surface area contributed by atoms with Crippen molar-refractivity contribution in [1.29, 1.82) is 0 Å². The quantitative estimate of drug-likeness (QED) is 0.501. The van der Waals surface area contributed by atoms with E-state index in [-0.39, 0.29) is 6.54 Å². The van der Waals surface area contributed by atoms with Crippen LogP contribution in [0.2, 0.25) is 0 Å². The Morgan fingerprint density at radius 1 is 1.10 bits per heavy atom. The lowest BCUT2D eigenvalue weighted by Gasteiger charge is -2.06. The van der Waals surface area contributed by atoms with E-state index in [2.05, 4.69) is 10.6 Å². The molecule has 1 aromatic rings. The predicted octanol–water partition coefficient (Wildman–Crippen LogP) is -0.554. The standard InChI is InChI=1S/C13H15N3O4S/c14-10(21)5-8-1-3-9(4-2-8)13(20)16-6-11(17)15-7-12(18)19/h1-4H,5-7H2,(H2,14,21)(H,15,17)(H,16,20)(H,18,19). The fourth-order valence-corrected chi connectivity index (χ4v) is 1.64. The van der Waals surface area contributed by atoms with Gasteiger partial charge in [0.1, 0.15) is 6.54 Å². The molecule has 0 aromatic heterocycles. The Morgan fingerprint density at radius 2 is 1.71 bits per heavy atom. The molecule has 0 radical (unpaired) electrons. The minimum atomic E-state index is -1.15. The van der Waals surface area contributed by atoms with Crippen LogP contribution >= 0.6 is 12.2 Å². The van der Waals surface area contributed by atoms with Crippen LogP contribution in [-0.2, 0) is 16.0 Å². The van der Waals surface area contributed by atoms with E-state index in [1.807, 2.05) is 0 Å². The molecule has 0 aliphatic rings. The van der Waals surface area contributed by atoms with Crippen LogP contribution in [0.25, 0.3) is 0 Å². The third kappa shape index (κ3) is 6.48. The van der Waals surface area contributed by atoms with Crippen LogP contribution in [0.15, 0.2) is 24.3 Å². The number of nitrogens with one attached hydrogen (secondary N) is 2. The first-order valence-corrected chi connectivity index (χ1v) is 6.43. The normalized spacial score (nSPS) is 9.71. The van der Waals surface area contributed by atoms with Gasteiger partial charge in [0.05, 0.1) is 11.5 Å². The van der Waals surface area contributed by atoms with Crippen molar-refractivity contribution in [1.82, 2.24) is 10.6 Å². The smallest absolute Gasteiger partial charge is 0.322 e. The fraction of sp³-hybridized carbons (Fsp3) is 0.231. The van der Waals surface area contributed by atoms with Gasteiger partial charge in [-0.15, -0.1) is 0 Å². The summed E-state index contributed by atoms with van der Waals surface area (Å²) in [4.78, 5) is 33.6. The zero-order valence-electron chi connectivity index (χ0n) is 11.1. The zero-order chi connectivity index (χ0) is 15.8. The number of rotatable bonds is 7. The first-order valence-electron chi connectivity index (χ1n) is 6.02. The summed E-state index contributed by atoms with van der Waals surface area (Å²) in [5, 5.41) is 12.9. The van der Waals surface area contributed by atoms with Crippen LogP contribution in [0, 0.1) is 0 Å². The van der Waals surface area contributed by atoms with Gasteiger partial charge in [-0.05, 0) is 17.7 Å². The molecule has 7 nitrogen and oxygen atoms in total. The highest BCUT2D eigenvalue weighted by Gasteiger charge is 2.09. The minimum Gasteiger partial charge on any atom is -0.480 e. The Balaban J connectivity index is 2.46. The van der Waals surface area contributed by atoms with Crippen molar-refractivity contribution in [3.63, 3.8) is 0 Å². The molecule has 0 bridgehead atoms. The van der Waals surface area contributed by atoms with E-state index in [0.717, 1.165) is 5.56 Å². The van der Waals surface area contributed by atoms with Gasteiger partial charge in [0.15, 0.2) is 0 Å². The highest BCUT2D eigenvalue weighted by atomic mass is 32.1. The molecule has 0 atom stereocenters. The fourth-order valence-electron chi connectivity index (χ4n) is 1.47. The second-order valence-corrected chi connectivity index (χ2v) is 4.72. The van der Waals surface area contributed by atoms with E-state index >= 15 is 0 Å². The van der Waals surface area contributed by atoms with Gasteiger partial charge in [0.25, 0.3) is 5.91 Å². The maximum atomic E-state index is 11.8. The van der Waals surface area contributed by atoms with Crippen molar-refractivity contribution in [2.24, 2.45) is 5.73 Å². The van der Waals surface area contributed by atoms with Crippen LogP contribution < -0.4 is 16.4 Å². The molecule has 2 amide bonds. The largest absolute Gasteiger partial charge is 0.480 e. The van der Waals surface area contributed by atoms with Crippen molar-refractivity contribution < 1.29 is 19.5 Å². The maximum Gasteiger partial charge on any atom is 0.322 e. The summed E-state index contributed by atoms with van der Waals surface area (Å²) in [6.45, 7) is -0.775. The number of hydrogen-bond donors (Lipinski definition) is 4. The Hall–Kier alpha value is -2.48. The Morgan fingerprint density at radius 3 is 2.24 bits per heavy atom. The first kappa shape index (κ1) is 16.6. The average Bonchev–Trinajstić information content (AvgIpc) is 2.42. The number of amides is 2. The number of carboxylic acids is 1. The molecule has 0 aliphatic heterocycles. The van der Waals surface area contributed by atoms with Crippen molar-refractivity contribution in [3.05, 3.63) is 35.4 Å². The molecular formula is C13H15N3O4S. The zero-order valence-corrected chi connectivity index (χ0v) is 11.9. The predicted molar refractivity (Wildman–Crippen MR) is 79.9 cm³/mol. The lowest BCUT2D eigenvalue weighted by atomic mass is 10.1. The molecule has 0 heterocycles. The van der Waals surface area contributed by atoms with Gasteiger partial charge in [0.2, 0.25) is 5.91 Å². The van der Waals surface area contributed by atoms with E-state index in [1.165, 1.54) is 0 Å². The topological polar surface area (TPSA) is 122 Å². The summed E-state index contributed by atoms with van der Waals surface area (Å²) in [5.41, 5.74) is 6.69. The summed E-state index contributed by atoms with van der Waals surface area (Å²) in [6, 6.07) is 6.63. The molecule has 0 spiro atoms. The first-order chi connectivity index (χ1) is 9.88. The summed E-state index contributed by atoms with van der Waals surface area (Å²) < 4.78 is 0. The van der Waals surface area contributed by atoms with E-state index < -0.39 is 24.3 Å². The molecule has 0 aliphatic carbocycles. The van der Waals surface area contributed by atoms with Crippen LogP contribution in [0.5, 0.6) is 0 Å². The lowest BCUT2D eigenvalue weighted by molar-refractivity contribution is -0.137. The van der Waals surface area contributed by atoms with E-state index in [0.29, 0.717) is 17.0 Å². The van der Waals surface area contributed by atoms with Crippen molar-refractivity contribution >= 4 is 35.0 Å². The number of benzene rings is 1. The molecule has 21 heavy (non-hydrogen) atoms. The SMILES string of the molecule is NC(=S)Cc1ccc(C(=O)NCC(=O)NCC(=O)O)cc1. The molecule has 0 saturated heterocycles. The van der Waals surface area contributed by atoms with Crippen LogP contribution in [0.4, 0.5) is 0 Å². The van der Waals surface area contributed by atoms with Gasteiger partial charge >= 0.3 is 5.97 Å². The van der Waals surface area contributed by atoms with Crippen molar-refractivity contribution in [3.8, 4) is 0 Å². The van der Waals surface area contributed by atoms with Crippen molar-refractivity contribution in [2.75, 3.05) is 13.1 Å². The molecular weight excluding hydrogens is 294 g/mol. The van der Waals surface area contributed by atoms with Gasteiger partial charge in [-0.2, -0.15) is 0 Å². The number of carbonyl (C=O) groups excluding carboxylic acids is 2. The number of hydrogen-bond acceptors (Lipinski definition) is 4. The summed E-state index contributed by atoms with van der Waals surface area (Å²) in [5.74, 6) is -2.15. The van der Waals surface area contributed by atoms with Crippen molar-refractivity contribution in [2.45, 2.75) is 6.42 Å². The van der Waals surface area contributed by atoms with Gasteiger partial charge in [0, 0.05) is 12.0 Å². The van der Waals surface area contributed by atoms with Gasteiger partial charge < -0.3 is 21.5 Å². The molecule has 0 saturated carbocycles. The second-order valence-electron chi connectivity index (χ2n) is 4.19. The number of nitrogens with two attached hydrogens (primary N) is 1. The molecule has 0 unspecified atom stereocenters. The molecule has 0 fully saturated rings. The molecule has 112 valence electrons. The summed E-state index contributed by atoms with van der Waals surface area (Å²) in [6.07, 6.45) is 0.453. The molecule has 5 N–H and O–H groups in total. The maximum absolute atomic E-state index is 11.8. The summed E-state index contributed by atoms with van der Waals surface area (Å²) in [7, 11) is 0. The number of carbonyl (C=O) groups is 3. The number of aliphatic carboxylic acids is 1.